The van der Waals surface area contributed by atoms with E-state index in [0.717, 1.165) is 0 Å². The highest BCUT2D eigenvalue weighted by atomic mass is 16.5. The third-order valence-corrected chi connectivity index (χ3v) is 3.48. The highest BCUT2D eigenvalue weighted by Crippen LogP contribution is 2.40. The predicted molar refractivity (Wildman–Crippen MR) is 73.8 cm³/mol. The van der Waals surface area contributed by atoms with Gasteiger partial charge in [0.1, 0.15) is 0 Å². The Morgan fingerprint density at radius 3 is 2.50 bits per heavy atom. The first-order valence-electron chi connectivity index (χ1n) is 6.12. The number of fused-ring (bicyclic) bond motifs is 3. The molecule has 0 amide bonds. The van der Waals surface area contributed by atoms with E-state index in [-0.39, 0.29) is 11.6 Å². The largest absolute Gasteiger partial charge is 0.493 e. The number of carbonyl (C=O) groups excluding carboxylic acids is 2. The van der Waals surface area contributed by atoms with Crippen molar-refractivity contribution in [3.63, 3.8) is 0 Å². The van der Waals surface area contributed by atoms with Gasteiger partial charge < -0.3 is 14.5 Å². The standard InChI is InChI=1S/C15H13NO4/c1-7-6-9(17)13-12(14(7)18)11-8(16-13)4-5-10(19-2)15(11)20-3/h4-6,16H,1-3H3. The maximum Gasteiger partial charge on any atom is 0.203 e. The lowest BCUT2D eigenvalue weighted by atomic mass is 9.93. The van der Waals surface area contributed by atoms with Crippen molar-refractivity contribution in [2.45, 2.75) is 6.92 Å². The summed E-state index contributed by atoms with van der Waals surface area (Å²) in [5, 5.41) is 0.590. The van der Waals surface area contributed by atoms with Gasteiger partial charge in [-0.2, -0.15) is 0 Å². The molecule has 0 bridgehead atoms. The zero-order chi connectivity index (χ0) is 14.4. The van der Waals surface area contributed by atoms with Crippen molar-refractivity contribution >= 4 is 22.5 Å². The molecule has 102 valence electrons. The van der Waals surface area contributed by atoms with E-state index in [4.69, 9.17) is 9.47 Å². The second kappa shape index (κ2) is 4.23. The van der Waals surface area contributed by atoms with Crippen molar-refractivity contribution in [2.75, 3.05) is 14.2 Å². The number of rotatable bonds is 2. The molecule has 0 unspecified atom stereocenters. The molecule has 0 atom stereocenters. The lowest BCUT2D eigenvalue weighted by Crippen LogP contribution is -2.14. The summed E-state index contributed by atoms with van der Waals surface area (Å²) in [5.74, 6) is 0.610. The number of hydrogen-bond acceptors (Lipinski definition) is 4. The summed E-state index contributed by atoms with van der Waals surface area (Å²) in [4.78, 5) is 27.4. The number of carbonyl (C=O) groups is 2. The van der Waals surface area contributed by atoms with E-state index in [1.54, 1.807) is 19.1 Å². The highest BCUT2D eigenvalue weighted by molar-refractivity contribution is 6.29. The molecule has 0 fully saturated rings. The number of nitrogens with one attached hydrogen (secondary N) is 1. The van der Waals surface area contributed by atoms with Gasteiger partial charge in [0.15, 0.2) is 17.3 Å². The molecular weight excluding hydrogens is 258 g/mol. The Morgan fingerprint density at radius 2 is 1.85 bits per heavy atom. The highest BCUT2D eigenvalue weighted by Gasteiger charge is 2.30. The third kappa shape index (κ3) is 1.49. The molecule has 1 heterocycles. The van der Waals surface area contributed by atoms with E-state index >= 15 is 0 Å². The summed E-state index contributed by atoms with van der Waals surface area (Å²) in [7, 11) is 3.04. The van der Waals surface area contributed by atoms with Crippen molar-refractivity contribution in [3.8, 4) is 11.5 Å². The van der Waals surface area contributed by atoms with Gasteiger partial charge in [0.25, 0.3) is 0 Å². The molecular formula is C15H13NO4. The molecule has 1 aliphatic rings. The first kappa shape index (κ1) is 12.5. The molecule has 2 aromatic rings. The van der Waals surface area contributed by atoms with Gasteiger partial charge in [-0.05, 0) is 25.1 Å². The molecule has 1 N–H and O–H groups in total. The number of methoxy groups -OCH3 is 2. The molecule has 0 radical (unpaired) electrons. The van der Waals surface area contributed by atoms with E-state index in [1.165, 1.54) is 20.3 Å². The van der Waals surface area contributed by atoms with E-state index in [2.05, 4.69) is 4.98 Å². The summed E-state index contributed by atoms with van der Waals surface area (Å²) in [6.07, 6.45) is 1.35. The minimum absolute atomic E-state index is 0.169. The lowest BCUT2D eigenvalue weighted by molar-refractivity contribution is 0.0983. The average molecular weight is 271 g/mol. The van der Waals surface area contributed by atoms with E-state index in [9.17, 15) is 9.59 Å². The fraction of sp³-hybridized carbons (Fsp3) is 0.200. The van der Waals surface area contributed by atoms with Crippen LogP contribution < -0.4 is 9.47 Å². The Hall–Kier alpha value is -2.56. The minimum atomic E-state index is -0.200. The summed E-state index contributed by atoms with van der Waals surface area (Å²) >= 11 is 0. The summed E-state index contributed by atoms with van der Waals surface area (Å²) in [6, 6.07) is 3.50. The zero-order valence-electron chi connectivity index (χ0n) is 11.4. The molecule has 0 saturated heterocycles. The van der Waals surface area contributed by atoms with Crippen molar-refractivity contribution < 1.29 is 19.1 Å². The zero-order valence-corrected chi connectivity index (χ0v) is 11.4. The number of benzene rings is 1. The van der Waals surface area contributed by atoms with Crippen LogP contribution in [0, 0.1) is 0 Å². The molecule has 0 saturated carbocycles. The number of ketones is 2. The van der Waals surface area contributed by atoms with Gasteiger partial charge in [0.2, 0.25) is 5.78 Å². The minimum Gasteiger partial charge on any atom is -0.493 e. The normalized spacial score (nSPS) is 14.2. The van der Waals surface area contributed by atoms with Crippen molar-refractivity contribution in [3.05, 3.63) is 35.0 Å². The number of hydrogen-bond donors (Lipinski definition) is 1. The second-order valence-corrected chi connectivity index (χ2v) is 4.62. The Balaban J connectivity index is 2.44. The lowest BCUT2D eigenvalue weighted by Gasteiger charge is -2.11. The molecule has 3 rings (SSSR count). The summed E-state index contributed by atoms with van der Waals surface area (Å²) in [6.45, 7) is 1.63. The number of ether oxygens (including phenoxy) is 2. The van der Waals surface area contributed by atoms with Crippen molar-refractivity contribution in [2.24, 2.45) is 0 Å². The van der Waals surface area contributed by atoms with Crippen LogP contribution >= 0.6 is 0 Å². The molecule has 0 aliphatic heterocycles. The number of allylic oxidation sites excluding steroid dienone is 2. The molecule has 5 nitrogen and oxygen atoms in total. The quantitative estimate of drug-likeness (QED) is 0.911. The van der Waals surface area contributed by atoms with Gasteiger partial charge in [-0.1, -0.05) is 0 Å². The average Bonchev–Trinajstić information content (AvgIpc) is 2.83. The Bertz CT molecular complexity index is 783. The number of H-pyrrole nitrogens is 1. The van der Waals surface area contributed by atoms with Crippen LogP contribution in [0.4, 0.5) is 0 Å². The van der Waals surface area contributed by atoms with Gasteiger partial charge in [-0.3, -0.25) is 9.59 Å². The first-order chi connectivity index (χ1) is 9.58. The van der Waals surface area contributed by atoms with Gasteiger partial charge in [0, 0.05) is 5.57 Å². The topological polar surface area (TPSA) is 68.4 Å². The molecule has 1 aliphatic carbocycles. The van der Waals surface area contributed by atoms with Crippen molar-refractivity contribution in [1.82, 2.24) is 4.98 Å². The summed E-state index contributed by atoms with van der Waals surface area (Å²) < 4.78 is 10.6. The van der Waals surface area contributed by atoms with Crippen LogP contribution in [-0.4, -0.2) is 30.8 Å². The van der Waals surface area contributed by atoms with Crippen LogP contribution in [-0.2, 0) is 0 Å². The molecule has 0 spiro atoms. The smallest absolute Gasteiger partial charge is 0.203 e. The van der Waals surface area contributed by atoms with Crippen LogP contribution in [0.5, 0.6) is 11.5 Å². The number of aromatic nitrogens is 1. The van der Waals surface area contributed by atoms with E-state index in [1.807, 2.05) is 0 Å². The molecule has 1 aromatic heterocycles. The third-order valence-electron chi connectivity index (χ3n) is 3.48. The Morgan fingerprint density at radius 1 is 1.10 bits per heavy atom. The number of Topliss-reactive ketones (excluding diaryl/α,β-unsaturated/α-hetero) is 1. The van der Waals surface area contributed by atoms with E-state index < -0.39 is 0 Å². The molecule has 5 heteroatoms. The van der Waals surface area contributed by atoms with Crippen LogP contribution in [0.3, 0.4) is 0 Å². The first-order valence-corrected chi connectivity index (χ1v) is 6.12. The fourth-order valence-electron chi connectivity index (χ4n) is 2.54. The fourth-order valence-corrected chi connectivity index (χ4v) is 2.54. The van der Waals surface area contributed by atoms with Crippen LogP contribution in [0.1, 0.15) is 27.8 Å². The van der Waals surface area contributed by atoms with Crippen molar-refractivity contribution in [1.29, 1.82) is 0 Å². The van der Waals surface area contributed by atoms with Gasteiger partial charge in [-0.25, -0.2) is 0 Å². The van der Waals surface area contributed by atoms with Crippen LogP contribution in [0.15, 0.2) is 23.8 Å². The Kier molecular flexibility index (Phi) is 2.64. The van der Waals surface area contributed by atoms with Gasteiger partial charge >= 0.3 is 0 Å². The molecule has 1 aromatic carbocycles. The van der Waals surface area contributed by atoms with Crippen LogP contribution in [0.2, 0.25) is 0 Å². The van der Waals surface area contributed by atoms with Gasteiger partial charge in [-0.15, -0.1) is 0 Å². The second-order valence-electron chi connectivity index (χ2n) is 4.62. The van der Waals surface area contributed by atoms with E-state index in [0.29, 0.717) is 39.2 Å². The predicted octanol–water partition coefficient (Wildman–Crippen LogP) is 2.51. The maximum absolute atomic E-state index is 12.4. The Labute approximate surface area is 115 Å². The summed E-state index contributed by atoms with van der Waals surface area (Å²) in [5.41, 5.74) is 1.77. The monoisotopic (exact) mass is 271 g/mol. The molecule has 20 heavy (non-hydrogen) atoms. The SMILES string of the molecule is COc1ccc2[nH]c3c(c2c1OC)C(=O)C(C)=CC3=O. The van der Waals surface area contributed by atoms with Crippen LogP contribution in [0.25, 0.3) is 10.9 Å². The maximum atomic E-state index is 12.4. The van der Waals surface area contributed by atoms with Gasteiger partial charge in [0.05, 0.1) is 36.4 Å². The number of aromatic amines is 1.